The highest BCUT2D eigenvalue weighted by Crippen LogP contribution is 2.24. The number of nitrogens with zero attached hydrogens (tertiary/aromatic N) is 2. The first kappa shape index (κ1) is 19.4. The van der Waals surface area contributed by atoms with Gasteiger partial charge >= 0.3 is 0 Å². The third-order valence-electron chi connectivity index (χ3n) is 5.05. The number of aromatic nitrogens is 1. The second-order valence-electron chi connectivity index (χ2n) is 7.05. The molecule has 6 heteroatoms. The Morgan fingerprint density at radius 3 is 2.83 bits per heavy atom. The maximum absolute atomic E-state index is 12.9. The van der Waals surface area contributed by atoms with Crippen LogP contribution in [0.4, 0.5) is 5.82 Å². The summed E-state index contributed by atoms with van der Waals surface area (Å²) in [4.78, 5) is 19.6. The Morgan fingerprint density at radius 1 is 1.14 bits per heavy atom. The van der Waals surface area contributed by atoms with Crippen LogP contribution in [0.3, 0.4) is 0 Å². The molecular formula is C23H23ClN4O. The monoisotopic (exact) mass is 406 g/mol. The van der Waals surface area contributed by atoms with Crippen LogP contribution in [0.15, 0.2) is 72.9 Å². The Morgan fingerprint density at radius 2 is 2.00 bits per heavy atom. The highest BCUT2D eigenvalue weighted by atomic mass is 35.5. The van der Waals surface area contributed by atoms with Crippen LogP contribution < -0.4 is 15.5 Å². The maximum atomic E-state index is 12.9. The molecule has 0 aliphatic carbocycles. The van der Waals surface area contributed by atoms with E-state index < -0.39 is 0 Å². The van der Waals surface area contributed by atoms with Crippen LogP contribution in [0.1, 0.15) is 27.5 Å². The van der Waals surface area contributed by atoms with Gasteiger partial charge in [-0.2, -0.15) is 0 Å². The standard InChI is InChI=1S/C23H23ClN4O/c24-19-9-4-6-17(14-19)15-27-23(29)20-10-5-11-26-22(20)28-13-12-25-21(16-28)18-7-2-1-3-8-18/h1-11,14,21,25H,12-13,15-16H2,(H,27,29). The molecular weight excluding hydrogens is 384 g/mol. The Bertz CT molecular complexity index is 979. The van der Waals surface area contributed by atoms with Crippen molar-refractivity contribution in [2.45, 2.75) is 12.6 Å². The molecule has 0 radical (unpaired) electrons. The quantitative estimate of drug-likeness (QED) is 0.676. The second kappa shape index (κ2) is 9.07. The number of amides is 1. The van der Waals surface area contributed by atoms with Crippen molar-refractivity contribution in [1.82, 2.24) is 15.6 Å². The summed E-state index contributed by atoms with van der Waals surface area (Å²) >= 11 is 6.03. The number of benzene rings is 2. The van der Waals surface area contributed by atoms with Gasteiger partial charge in [0.05, 0.1) is 5.56 Å². The smallest absolute Gasteiger partial charge is 0.255 e. The SMILES string of the molecule is O=C(NCc1cccc(Cl)c1)c1cccnc1N1CCNC(c2ccccc2)C1. The molecule has 1 saturated heterocycles. The number of pyridine rings is 1. The molecule has 0 bridgehead atoms. The summed E-state index contributed by atoms with van der Waals surface area (Å²) in [6, 6.07) is 21.7. The summed E-state index contributed by atoms with van der Waals surface area (Å²) in [6.07, 6.45) is 1.74. The van der Waals surface area contributed by atoms with Crippen molar-refractivity contribution in [1.29, 1.82) is 0 Å². The predicted molar refractivity (Wildman–Crippen MR) is 116 cm³/mol. The average molecular weight is 407 g/mol. The van der Waals surface area contributed by atoms with Crippen molar-refractivity contribution in [3.05, 3.63) is 94.6 Å². The largest absolute Gasteiger partial charge is 0.353 e. The Hall–Kier alpha value is -2.89. The molecule has 2 heterocycles. The lowest BCUT2D eigenvalue weighted by Crippen LogP contribution is -2.46. The van der Waals surface area contributed by atoms with Gasteiger partial charge in [0.2, 0.25) is 0 Å². The molecule has 4 rings (SSSR count). The highest BCUT2D eigenvalue weighted by molar-refractivity contribution is 6.30. The fraction of sp³-hybridized carbons (Fsp3) is 0.217. The minimum Gasteiger partial charge on any atom is -0.353 e. The van der Waals surface area contributed by atoms with Crippen LogP contribution in [0.25, 0.3) is 0 Å². The number of halogens is 1. The predicted octanol–water partition coefficient (Wildman–Crippen LogP) is 3.82. The summed E-state index contributed by atoms with van der Waals surface area (Å²) in [5.41, 5.74) is 2.78. The molecule has 148 valence electrons. The van der Waals surface area contributed by atoms with Crippen molar-refractivity contribution in [3.63, 3.8) is 0 Å². The molecule has 0 saturated carbocycles. The third-order valence-corrected chi connectivity index (χ3v) is 5.29. The Balaban J connectivity index is 1.49. The number of carbonyl (C=O) groups is 1. The summed E-state index contributed by atoms with van der Waals surface area (Å²) in [6.45, 7) is 2.81. The summed E-state index contributed by atoms with van der Waals surface area (Å²) in [5.74, 6) is 0.585. The van der Waals surface area contributed by atoms with E-state index >= 15 is 0 Å². The second-order valence-corrected chi connectivity index (χ2v) is 7.49. The molecule has 1 atom stereocenters. The first-order valence-electron chi connectivity index (χ1n) is 9.71. The van der Waals surface area contributed by atoms with E-state index in [2.05, 4.69) is 32.7 Å². The molecule has 3 aromatic rings. The molecule has 5 nitrogen and oxygen atoms in total. The van der Waals surface area contributed by atoms with Gasteiger partial charge in [-0.15, -0.1) is 0 Å². The average Bonchev–Trinajstić information content (AvgIpc) is 2.78. The minimum absolute atomic E-state index is 0.136. The lowest BCUT2D eigenvalue weighted by molar-refractivity contribution is 0.0951. The van der Waals surface area contributed by atoms with E-state index in [1.807, 2.05) is 48.5 Å². The van der Waals surface area contributed by atoms with Gasteiger partial charge < -0.3 is 15.5 Å². The van der Waals surface area contributed by atoms with Gasteiger partial charge in [0.15, 0.2) is 0 Å². The topological polar surface area (TPSA) is 57.3 Å². The van der Waals surface area contributed by atoms with E-state index in [0.717, 1.165) is 31.0 Å². The number of hydrogen-bond donors (Lipinski definition) is 2. The molecule has 1 aliphatic heterocycles. The molecule has 29 heavy (non-hydrogen) atoms. The summed E-state index contributed by atoms with van der Waals surface area (Å²) in [7, 11) is 0. The van der Waals surface area contributed by atoms with E-state index in [1.165, 1.54) is 5.56 Å². The van der Waals surface area contributed by atoms with Crippen molar-refractivity contribution in [2.75, 3.05) is 24.5 Å². The summed E-state index contributed by atoms with van der Waals surface area (Å²) in [5, 5.41) is 7.20. The summed E-state index contributed by atoms with van der Waals surface area (Å²) < 4.78 is 0. The third kappa shape index (κ3) is 4.75. The van der Waals surface area contributed by atoms with Gasteiger partial charge in [-0.1, -0.05) is 54.1 Å². The van der Waals surface area contributed by atoms with E-state index in [-0.39, 0.29) is 11.9 Å². The first-order chi connectivity index (χ1) is 14.2. The van der Waals surface area contributed by atoms with Crippen molar-refractivity contribution in [2.24, 2.45) is 0 Å². The number of anilines is 1. The molecule has 2 aromatic carbocycles. The van der Waals surface area contributed by atoms with Gasteiger partial charge in [0.1, 0.15) is 5.82 Å². The molecule has 0 spiro atoms. The van der Waals surface area contributed by atoms with E-state index in [4.69, 9.17) is 11.6 Å². The number of hydrogen-bond acceptors (Lipinski definition) is 4. The van der Waals surface area contributed by atoms with Crippen LogP contribution in [0.5, 0.6) is 0 Å². The van der Waals surface area contributed by atoms with Crippen LogP contribution in [-0.4, -0.2) is 30.5 Å². The van der Waals surface area contributed by atoms with Crippen LogP contribution in [0.2, 0.25) is 5.02 Å². The fourth-order valence-corrected chi connectivity index (χ4v) is 3.81. The number of nitrogens with one attached hydrogen (secondary N) is 2. The lowest BCUT2D eigenvalue weighted by Gasteiger charge is -2.35. The van der Waals surface area contributed by atoms with Crippen molar-refractivity contribution in [3.8, 4) is 0 Å². The molecule has 1 fully saturated rings. The lowest BCUT2D eigenvalue weighted by atomic mass is 10.0. The van der Waals surface area contributed by atoms with Gasteiger partial charge in [-0.25, -0.2) is 4.98 Å². The van der Waals surface area contributed by atoms with E-state index in [9.17, 15) is 4.79 Å². The molecule has 2 N–H and O–H groups in total. The first-order valence-corrected chi connectivity index (χ1v) is 10.1. The zero-order valence-corrected chi connectivity index (χ0v) is 16.8. The Labute approximate surface area is 175 Å². The van der Waals surface area contributed by atoms with E-state index in [1.54, 1.807) is 12.3 Å². The van der Waals surface area contributed by atoms with Gasteiger partial charge in [0, 0.05) is 43.4 Å². The zero-order chi connectivity index (χ0) is 20.1. The number of rotatable bonds is 5. The highest BCUT2D eigenvalue weighted by Gasteiger charge is 2.25. The van der Waals surface area contributed by atoms with Crippen molar-refractivity contribution >= 4 is 23.3 Å². The van der Waals surface area contributed by atoms with Crippen LogP contribution in [0, 0.1) is 0 Å². The zero-order valence-electron chi connectivity index (χ0n) is 16.0. The van der Waals surface area contributed by atoms with E-state index in [0.29, 0.717) is 17.1 Å². The molecule has 1 unspecified atom stereocenters. The van der Waals surface area contributed by atoms with Gasteiger partial charge in [0.25, 0.3) is 5.91 Å². The fourth-order valence-electron chi connectivity index (χ4n) is 3.60. The number of carbonyl (C=O) groups excluding carboxylic acids is 1. The van der Waals surface area contributed by atoms with Gasteiger partial charge in [-0.05, 0) is 35.4 Å². The van der Waals surface area contributed by atoms with Crippen LogP contribution >= 0.6 is 11.6 Å². The normalized spacial score (nSPS) is 16.4. The van der Waals surface area contributed by atoms with Crippen molar-refractivity contribution < 1.29 is 4.79 Å². The minimum atomic E-state index is -0.136. The van der Waals surface area contributed by atoms with Gasteiger partial charge in [-0.3, -0.25) is 4.79 Å². The Kier molecular flexibility index (Phi) is 6.08. The molecule has 1 amide bonds. The molecule has 1 aliphatic rings. The maximum Gasteiger partial charge on any atom is 0.255 e. The molecule has 1 aromatic heterocycles. The van der Waals surface area contributed by atoms with Crippen LogP contribution in [-0.2, 0) is 6.54 Å². The number of piperazine rings is 1.